The third-order valence-electron chi connectivity index (χ3n) is 2.71. The average molecular weight is 337 g/mol. The van der Waals surface area contributed by atoms with Crippen molar-refractivity contribution in [1.29, 1.82) is 0 Å². The number of nitrogens with zero attached hydrogens (tertiary/aromatic N) is 1. The maximum Gasteiger partial charge on any atom is 0.271 e. The van der Waals surface area contributed by atoms with Gasteiger partial charge in [0.1, 0.15) is 4.90 Å². The lowest BCUT2D eigenvalue weighted by Gasteiger charge is -2.18. The number of benzene rings is 1. The number of rotatable bonds is 7. The van der Waals surface area contributed by atoms with Gasteiger partial charge in [-0.2, -0.15) is 0 Å². The van der Waals surface area contributed by atoms with Crippen LogP contribution >= 0.6 is 11.6 Å². The Balaban J connectivity index is 3.05. The third kappa shape index (κ3) is 4.92. The Bertz CT molecular complexity index is 618. The quantitative estimate of drug-likeness (QED) is 0.584. The molecule has 118 valence electrons. The second kappa shape index (κ2) is 7.17. The summed E-state index contributed by atoms with van der Waals surface area (Å²) in [7, 11) is -3.95. The fourth-order valence-electron chi connectivity index (χ4n) is 1.83. The lowest BCUT2D eigenvalue weighted by molar-refractivity contribution is -0.384. The van der Waals surface area contributed by atoms with Gasteiger partial charge in [-0.1, -0.05) is 25.4 Å². The molecular weight excluding hydrogens is 320 g/mol. The number of hydrogen-bond donors (Lipinski definition) is 2. The van der Waals surface area contributed by atoms with Gasteiger partial charge in [0.25, 0.3) is 5.69 Å². The van der Waals surface area contributed by atoms with Gasteiger partial charge in [-0.15, -0.1) is 0 Å². The summed E-state index contributed by atoms with van der Waals surface area (Å²) in [6, 6.07) is 2.48. The first-order valence-corrected chi connectivity index (χ1v) is 8.10. The highest BCUT2D eigenvalue weighted by Gasteiger charge is 2.24. The number of nitro groups is 1. The van der Waals surface area contributed by atoms with E-state index >= 15 is 0 Å². The molecule has 0 aliphatic carbocycles. The number of hydrogen-bond acceptors (Lipinski definition) is 5. The number of non-ortho nitro benzene ring substituents is 1. The monoisotopic (exact) mass is 336 g/mol. The largest absolute Gasteiger partial charge is 0.395 e. The molecule has 0 aliphatic rings. The van der Waals surface area contributed by atoms with Crippen molar-refractivity contribution in [3.05, 3.63) is 33.3 Å². The van der Waals surface area contributed by atoms with Crippen LogP contribution in [0.3, 0.4) is 0 Å². The van der Waals surface area contributed by atoms with Crippen molar-refractivity contribution >= 4 is 27.3 Å². The molecular formula is C12H17ClN2O5S. The van der Waals surface area contributed by atoms with E-state index in [0.29, 0.717) is 6.42 Å². The maximum atomic E-state index is 12.2. The molecule has 0 saturated carbocycles. The van der Waals surface area contributed by atoms with Crippen LogP contribution in [-0.4, -0.2) is 31.1 Å². The van der Waals surface area contributed by atoms with Gasteiger partial charge >= 0.3 is 0 Å². The number of aliphatic hydroxyl groups excluding tert-OH is 1. The minimum Gasteiger partial charge on any atom is -0.395 e. The third-order valence-corrected chi connectivity index (χ3v) is 4.72. The number of halogens is 1. The Kier molecular flexibility index (Phi) is 6.09. The zero-order valence-corrected chi connectivity index (χ0v) is 13.2. The van der Waals surface area contributed by atoms with Gasteiger partial charge in [0.05, 0.1) is 16.6 Å². The number of nitrogens with one attached hydrogen (secondary N) is 1. The van der Waals surface area contributed by atoms with E-state index in [-0.39, 0.29) is 28.1 Å². The SMILES string of the molecule is CC(C)CC(CO)NS(=O)(=O)c1ccc([N+](=O)[O-])cc1Cl. The molecule has 9 heteroatoms. The molecule has 2 N–H and O–H groups in total. The van der Waals surface area contributed by atoms with Crippen molar-refractivity contribution in [3.8, 4) is 0 Å². The van der Waals surface area contributed by atoms with Crippen molar-refractivity contribution in [2.45, 2.75) is 31.2 Å². The van der Waals surface area contributed by atoms with Crippen molar-refractivity contribution in [1.82, 2.24) is 4.72 Å². The van der Waals surface area contributed by atoms with E-state index in [1.54, 1.807) is 0 Å². The van der Waals surface area contributed by atoms with Crippen molar-refractivity contribution < 1.29 is 18.4 Å². The summed E-state index contributed by atoms with van der Waals surface area (Å²) in [6.07, 6.45) is 0.459. The van der Waals surface area contributed by atoms with Gasteiger partial charge in [-0.05, 0) is 18.4 Å². The minimum absolute atomic E-state index is 0.192. The first-order valence-electron chi connectivity index (χ1n) is 6.24. The summed E-state index contributed by atoms with van der Waals surface area (Å²) in [5.41, 5.74) is -0.292. The highest BCUT2D eigenvalue weighted by atomic mass is 35.5. The summed E-state index contributed by atoms with van der Waals surface area (Å²) >= 11 is 5.80. The van der Waals surface area contributed by atoms with E-state index in [2.05, 4.69) is 4.72 Å². The average Bonchev–Trinajstić information content (AvgIpc) is 2.36. The molecule has 0 fully saturated rings. The number of sulfonamides is 1. The molecule has 0 heterocycles. The maximum absolute atomic E-state index is 12.2. The van der Waals surface area contributed by atoms with Crippen LogP contribution < -0.4 is 4.72 Å². The number of aliphatic hydroxyl groups is 1. The molecule has 1 aromatic rings. The van der Waals surface area contributed by atoms with Crippen LogP contribution in [0.4, 0.5) is 5.69 Å². The fraction of sp³-hybridized carbons (Fsp3) is 0.500. The summed E-state index contributed by atoms with van der Waals surface area (Å²) in [5.74, 6) is 0.192. The second-order valence-corrected chi connectivity index (χ2v) is 7.09. The van der Waals surface area contributed by atoms with Crippen LogP contribution in [0.5, 0.6) is 0 Å². The predicted octanol–water partition coefficient (Wildman–Crippen LogP) is 1.93. The normalized spacial score (nSPS) is 13.4. The molecule has 1 aromatic carbocycles. The van der Waals surface area contributed by atoms with Crippen LogP contribution in [0.25, 0.3) is 0 Å². The smallest absolute Gasteiger partial charge is 0.271 e. The molecule has 0 aromatic heterocycles. The standard InChI is InChI=1S/C12H17ClN2O5S/c1-8(2)5-9(7-16)14-21(19,20)12-4-3-10(15(17)18)6-11(12)13/h3-4,6,8-9,14,16H,5,7H2,1-2H3. The van der Waals surface area contributed by atoms with Crippen LogP contribution in [0.15, 0.2) is 23.1 Å². The topological polar surface area (TPSA) is 110 Å². The Morgan fingerprint density at radius 1 is 1.43 bits per heavy atom. The molecule has 0 amide bonds. The Hall–Kier alpha value is -1.22. The van der Waals surface area contributed by atoms with Gasteiger partial charge in [-0.25, -0.2) is 13.1 Å². The Morgan fingerprint density at radius 3 is 2.48 bits per heavy atom. The molecule has 21 heavy (non-hydrogen) atoms. The molecule has 0 aliphatic heterocycles. The minimum atomic E-state index is -3.95. The van der Waals surface area contributed by atoms with Crippen LogP contribution in [0.1, 0.15) is 20.3 Å². The van der Waals surface area contributed by atoms with Gasteiger partial charge in [0.15, 0.2) is 0 Å². The molecule has 0 spiro atoms. The summed E-state index contributed by atoms with van der Waals surface area (Å²) in [5, 5.41) is 19.6. The van der Waals surface area contributed by atoms with E-state index in [1.165, 1.54) is 0 Å². The molecule has 1 rings (SSSR count). The summed E-state index contributed by atoms with van der Waals surface area (Å²) in [4.78, 5) is 9.69. The van der Waals surface area contributed by atoms with Crippen LogP contribution in [-0.2, 0) is 10.0 Å². The van der Waals surface area contributed by atoms with Crippen LogP contribution in [0.2, 0.25) is 5.02 Å². The van der Waals surface area contributed by atoms with E-state index < -0.39 is 21.0 Å². The van der Waals surface area contributed by atoms with E-state index in [1.807, 2.05) is 13.8 Å². The zero-order chi connectivity index (χ0) is 16.2. The molecule has 0 radical (unpaired) electrons. The molecule has 0 bridgehead atoms. The Labute approximate surface area is 128 Å². The lowest BCUT2D eigenvalue weighted by Crippen LogP contribution is -2.38. The molecule has 7 nitrogen and oxygen atoms in total. The van der Waals surface area contributed by atoms with Gasteiger partial charge in [0, 0.05) is 18.2 Å². The highest BCUT2D eigenvalue weighted by molar-refractivity contribution is 7.89. The first kappa shape index (κ1) is 17.8. The highest BCUT2D eigenvalue weighted by Crippen LogP contribution is 2.26. The van der Waals surface area contributed by atoms with Crippen molar-refractivity contribution in [3.63, 3.8) is 0 Å². The molecule has 0 saturated heterocycles. The second-order valence-electron chi connectivity index (χ2n) is 5.00. The predicted molar refractivity (Wildman–Crippen MR) is 78.8 cm³/mol. The van der Waals surface area contributed by atoms with E-state index in [9.17, 15) is 23.6 Å². The lowest BCUT2D eigenvalue weighted by atomic mass is 10.1. The summed E-state index contributed by atoms with van der Waals surface area (Å²) in [6.45, 7) is 3.45. The van der Waals surface area contributed by atoms with E-state index in [0.717, 1.165) is 18.2 Å². The van der Waals surface area contributed by atoms with Gasteiger partial charge in [0.2, 0.25) is 10.0 Å². The fourth-order valence-corrected chi connectivity index (χ4v) is 3.61. The van der Waals surface area contributed by atoms with Crippen LogP contribution in [0, 0.1) is 16.0 Å². The van der Waals surface area contributed by atoms with Gasteiger partial charge < -0.3 is 5.11 Å². The van der Waals surface area contributed by atoms with Crippen molar-refractivity contribution in [2.24, 2.45) is 5.92 Å². The number of nitro benzene ring substituents is 1. The first-order chi connectivity index (χ1) is 9.67. The van der Waals surface area contributed by atoms with Crippen molar-refractivity contribution in [2.75, 3.05) is 6.61 Å². The Morgan fingerprint density at radius 2 is 2.05 bits per heavy atom. The molecule has 1 unspecified atom stereocenters. The molecule has 1 atom stereocenters. The summed E-state index contributed by atoms with van der Waals surface area (Å²) < 4.78 is 26.8. The van der Waals surface area contributed by atoms with Gasteiger partial charge in [-0.3, -0.25) is 10.1 Å². The zero-order valence-electron chi connectivity index (χ0n) is 11.6. The van der Waals surface area contributed by atoms with E-state index in [4.69, 9.17) is 11.6 Å².